The van der Waals surface area contributed by atoms with Crippen molar-refractivity contribution in [3.63, 3.8) is 0 Å². The quantitative estimate of drug-likeness (QED) is 0.418. The second-order valence-corrected chi connectivity index (χ2v) is 9.05. The summed E-state index contributed by atoms with van der Waals surface area (Å²) in [6, 6.07) is 18.7. The predicted molar refractivity (Wildman–Crippen MR) is 139 cm³/mol. The van der Waals surface area contributed by atoms with Crippen LogP contribution in [0.3, 0.4) is 0 Å². The van der Waals surface area contributed by atoms with E-state index >= 15 is 0 Å². The van der Waals surface area contributed by atoms with E-state index in [9.17, 15) is 19.5 Å². The molecule has 1 aliphatic rings. The Kier molecular flexibility index (Phi) is 9.11. The van der Waals surface area contributed by atoms with Gasteiger partial charge in [-0.05, 0) is 24.5 Å². The number of hydrogen-bond donors (Lipinski definition) is 2. The van der Waals surface area contributed by atoms with Gasteiger partial charge in [0.2, 0.25) is 0 Å². The molecule has 0 bridgehead atoms. The summed E-state index contributed by atoms with van der Waals surface area (Å²) in [7, 11) is 1.43. The van der Waals surface area contributed by atoms with E-state index in [-0.39, 0.29) is 30.2 Å². The minimum absolute atomic E-state index is 0.0847. The molecule has 0 spiro atoms. The second-order valence-electron chi connectivity index (χ2n) is 9.05. The van der Waals surface area contributed by atoms with Crippen molar-refractivity contribution in [2.24, 2.45) is 5.92 Å². The summed E-state index contributed by atoms with van der Waals surface area (Å²) >= 11 is 0. The lowest BCUT2D eigenvalue weighted by molar-refractivity contribution is -0.159. The molecule has 2 heterocycles. The van der Waals surface area contributed by atoms with E-state index in [0.29, 0.717) is 0 Å². The molecule has 0 radical (unpaired) electrons. The Morgan fingerprint density at radius 2 is 1.69 bits per heavy atom. The summed E-state index contributed by atoms with van der Waals surface area (Å²) in [5.41, 5.74) is 1.55. The topological polar surface area (TPSA) is 133 Å². The third-order valence-corrected chi connectivity index (χ3v) is 6.31. The van der Waals surface area contributed by atoms with E-state index in [1.54, 1.807) is 6.07 Å². The van der Waals surface area contributed by atoms with Crippen LogP contribution in [0.25, 0.3) is 0 Å². The number of cyclic esters (lactones) is 2. The number of pyridine rings is 1. The predicted octanol–water partition coefficient (Wildman–Crippen LogP) is 2.48. The average molecular weight is 535 g/mol. The first kappa shape index (κ1) is 27.6. The standard InChI is InChI=1S/C29H30N2O8/c1-18-25(32)21(15-19-9-5-3-6-10-19)28(34)38-17-22(29(35)39-18)31-27(33)24-26(23(36-2)13-14-30-24)37-16-20-11-7-4-8-12-20/h3-14,18,21-22,25,32H,15-17H2,1-2H3,(H,31,33)/t18-,21+,22-,25-/m0/s1. The van der Waals surface area contributed by atoms with E-state index in [4.69, 9.17) is 18.9 Å². The van der Waals surface area contributed by atoms with Gasteiger partial charge in [-0.2, -0.15) is 0 Å². The van der Waals surface area contributed by atoms with Crippen LogP contribution in [0.1, 0.15) is 28.5 Å². The zero-order valence-electron chi connectivity index (χ0n) is 21.6. The number of rotatable bonds is 8. The number of nitrogens with zero attached hydrogens (tertiary/aromatic N) is 1. The number of esters is 2. The van der Waals surface area contributed by atoms with Gasteiger partial charge < -0.3 is 29.4 Å². The highest BCUT2D eigenvalue weighted by Gasteiger charge is 2.39. The molecule has 1 amide bonds. The lowest BCUT2D eigenvalue weighted by Gasteiger charge is -2.25. The molecule has 1 saturated heterocycles. The van der Waals surface area contributed by atoms with Crippen LogP contribution >= 0.6 is 0 Å². The number of aliphatic hydroxyl groups excluding tert-OH is 1. The molecule has 204 valence electrons. The van der Waals surface area contributed by atoms with Crippen LogP contribution in [0, 0.1) is 5.92 Å². The largest absolute Gasteiger partial charge is 0.493 e. The lowest BCUT2D eigenvalue weighted by atomic mass is 9.91. The Balaban J connectivity index is 1.51. The number of carbonyl (C=O) groups excluding carboxylic acids is 3. The van der Waals surface area contributed by atoms with Gasteiger partial charge in [0.1, 0.15) is 25.4 Å². The van der Waals surface area contributed by atoms with Crippen molar-refractivity contribution >= 4 is 17.8 Å². The van der Waals surface area contributed by atoms with Crippen LogP contribution in [0.5, 0.6) is 11.5 Å². The Morgan fingerprint density at radius 3 is 2.36 bits per heavy atom. The molecule has 0 saturated carbocycles. The maximum Gasteiger partial charge on any atom is 0.332 e. The first-order chi connectivity index (χ1) is 18.9. The molecule has 3 aromatic rings. The van der Waals surface area contributed by atoms with Crippen molar-refractivity contribution in [2.75, 3.05) is 13.7 Å². The molecular weight excluding hydrogens is 504 g/mol. The maximum atomic E-state index is 13.3. The first-order valence-corrected chi connectivity index (χ1v) is 12.5. The number of aliphatic hydroxyl groups is 1. The summed E-state index contributed by atoms with van der Waals surface area (Å²) in [5, 5.41) is 13.3. The number of aromatic nitrogens is 1. The number of carbonyl (C=O) groups is 3. The zero-order valence-corrected chi connectivity index (χ0v) is 21.6. The molecule has 4 rings (SSSR count). The Hall–Kier alpha value is -4.44. The SMILES string of the molecule is COc1ccnc(C(=O)N[C@H]2COC(=O)[C@H](Cc3ccccc3)[C@@H](O)[C@H](C)OC2=O)c1OCc1ccccc1. The van der Waals surface area contributed by atoms with Crippen LogP contribution in [0.4, 0.5) is 0 Å². The number of benzene rings is 2. The van der Waals surface area contributed by atoms with Crippen LogP contribution in [-0.2, 0) is 32.1 Å². The van der Waals surface area contributed by atoms with Gasteiger partial charge in [-0.3, -0.25) is 9.59 Å². The molecule has 2 aromatic carbocycles. The second kappa shape index (κ2) is 12.9. The van der Waals surface area contributed by atoms with Gasteiger partial charge in [0.15, 0.2) is 23.2 Å². The molecule has 1 aromatic heterocycles. The minimum atomic E-state index is -1.35. The molecule has 1 aliphatic heterocycles. The fourth-order valence-corrected chi connectivity index (χ4v) is 4.16. The fraction of sp³-hybridized carbons (Fsp3) is 0.310. The monoisotopic (exact) mass is 534 g/mol. The highest BCUT2D eigenvalue weighted by molar-refractivity contribution is 5.98. The van der Waals surface area contributed by atoms with E-state index in [0.717, 1.165) is 11.1 Å². The molecular formula is C29H30N2O8. The van der Waals surface area contributed by atoms with E-state index in [1.165, 1.54) is 20.2 Å². The zero-order chi connectivity index (χ0) is 27.8. The summed E-state index contributed by atoms with van der Waals surface area (Å²) in [6.45, 7) is 1.14. The van der Waals surface area contributed by atoms with Crippen molar-refractivity contribution in [1.82, 2.24) is 10.3 Å². The third-order valence-electron chi connectivity index (χ3n) is 6.31. The van der Waals surface area contributed by atoms with Crippen molar-refractivity contribution < 1.29 is 38.4 Å². The molecule has 39 heavy (non-hydrogen) atoms. The molecule has 2 N–H and O–H groups in total. The van der Waals surface area contributed by atoms with Crippen LogP contribution < -0.4 is 14.8 Å². The molecule has 10 heteroatoms. The number of amides is 1. The smallest absolute Gasteiger partial charge is 0.332 e. The fourth-order valence-electron chi connectivity index (χ4n) is 4.16. The number of hydrogen-bond acceptors (Lipinski definition) is 9. The van der Waals surface area contributed by atoms with Gasteiger partial charge in [-0.15, -0.1) is 0 Å². The third kappa shape index (κ3) is 6.91. The van der Waals surface area contributed by atoms with Gasteiger partial charge in [0, 0.05) is 12.3 Å². The normalized spacial score (nSPS) is 21.4. The summed E-state index contributed by atoms with van der Waals surface area (Å²) in [4.78, 5) is 43.3. The Morgan fingerprint density at radius 1 is 1.03 bits per heavy atom. The molecule has 0 unspecified atom stereocenters. The molecule has 0 aliphatic carbocycles. The lowest BCUT2D eigenvalue weighted by Crippen LogP contribution is -2.46. The Labute approximate surface area is 225 Å². The van der Waals surface area contributed by atoms with Gasteiger partial charge in [-0.1, -0.05) is 60.7 Å². The van der Waals surface area contributed by atoms with Gasteiger partial charge in [0.25, 0.3) is 5.91 Å². The van der Waals surface area contributed by atoms with E-state index in [1.807, 2.05) is 60.7 Å². The highest BCUT2D eigenvalue weighted by atomic mass is 16.6. The molecule has 1 fully saturated rings. The van der Waals surface area contributed by atoms with Gasteiger partial charge >= 0.3 is 11.9 Å². The number of nitrogens with one attached hydrogen (secondary N) is 1. The molecule has 4 atom stereocenters. The number of methoxy groups -OCH3 is 1. The van der Waals surface area contributed by atoms with Crippen molar-refractivity contribution in [3.05, 3.63) is 89.7 Å². The van der Waals surface area contributed by atoms with Gasteiger partial charge in [0.05, 0.1) is 13.0 Å². The van der Waals surface area contributed by atoms with Crippen molar-refractivity contribution in [2.45, 2.75) is 38.2 Å². The van der Waals surface area contributed by atoms with Gasteiger partial charge in [-0.25, -0.2) is 9.78 Å². The van der Waals surface area contributed by atoms with Crippen molar-refractivity contribution in [1.29, 1.82) is 0 Å². The Bertz CT molecular complexity index is 1280. The van der Waals surface area contributed by atoms with Crippen LogP contribution in [0.15, 0.2) is 72.9 Å². The first-order valence-electron chi connectivity index (χ1n) is 12.5. The molecule has 10 nitrogen and oxygen atoms in total. The van der Waals surface area contributed by atoms with E-state index in [2.05, 4.69) is 10.3 Å². The highest BCUT2D eigenvalue weighted by Crippen LogP contribution is 2.30. The minimum Gasteiger partial charge on any atom is -0.493 e. The average Bonchev–Trinajstić information content (AvgIpc) is 2.99. The van der Waals surface area contributed by atoms with Crippen molar-refractivity contribution in [3.8, 4) is 11.5 Å². The maximum absolute atomic E-state index is 13.3. The summed E-state index contributed by atoms with van der Waals surface area (Å²) in [6.07, 6.45) is -0.780. The van der Waals surface area contributed by atoms with Crippen LogP contribution in [0.2, 0.25) is 0 Å². The number of ether oxygens (including phenoxy) is 4. The van der Waals surface area contributed by atoms with Crippen LogP contribution in [-0.4, -0.2) is 59.9 Å². The van der Waals surface area contributed by atoms with E-state index < -0.39 is 48.6 Å². The summed E-state index contributed by atoms with van der Waals surface area (Å²) < 4.78 is 22.0. The summed E-state index contributed by atoms with van der Waals surface area (Å²) in [5.74, 6) is -2.94.